The minimum Gasteiger partial charge on any atom is -0.378 e. The van der Waals surface area contributed by atoms with Crippen molar-refractivity contribution in [2.24, 2.45) is 0 Å². The highest BCUT2D eigenvalue weighted by Crippen LogP contribution is 2.25. The molecule has 6 nitrogen and oxygen atoms in total. The molecule has 3 rings (SSSR count). The number of hydrogen-bond donors (Lipinski definition) is 0. The van der Waals surface area contributed by atoms with Crippen LogP contribution in [0.25, 0.3) is 0 Å². The fraction of sp³-hybridized carbons (Fsp3) is 0.500. The van der Waals surface area contributed by atoms with Crippen molar-refractivity contribution < 1.29 is 4.74 Å². The van der Waals surface area contributed by atoms with Crippen LogP contribution in [0.1, 0.15) is 12.6 Å². The van der Waals surface area contributed by atoms with Crippen molar-refractivity contribution in [3.63, 3.8) is 0 Å². The first-order valence-electron chi connectivity index (χ1n) is 7.28. The molecule has 22 heavy (non-hydrogen) atoms. The van der Waals surface area contributed by atoms with E-state index in [-0.39, 0.29) is 0 Å². The highest BCUT2D eigenvalue weighted by atomic mass is 35.5. The van der Waals surface area contributed by atoms with Gasteiger partial charge in [0.2, 0.25) is 5.95 Å². The summed E-state index contributed by atoms with van der Waals surface area (Å²) in [6.45, 7) is 6.15. The van der Waals surface area contributed by atoms with E-state index in [0.717, 1.165) is 55.4 Å². The third-order valence-corrected chi connectivity index (χ3v) is 4.64. The Kier molecular flexibility index (Phi) is 5.17. The van der Waals surface area contributed by atoms with E-state index in [1.165, 1.54) is 0 Å². The standard InChI is InChI=1S/C14H18ClN5OS/c1-2-20-13(19-6-8-21-9-7-19)17-18-14(20)22-10-11-4-3-5-12(15)16-11/h3-5H,2,6-10H2,1H3. The van der Waals surface area contributed by atoms with Gasteiger partial charge in [-0.3, -0.25) is 4.57 Å². The summed E-state index contributed by atoms with van der Waals surface area (Å²) in [6.07, 6.45) is 0. The van der Waals surface area contributed by atoms with Gasteiger partial charge in [-0.05, 0) is 19.1 Å². The molecule has 0 unspecified atom stereocenters. The van der Waals surface area contributed by atoms with E-state index in [9.17, 15) is 0 Å². The number of thioether (sulfide) groups is 1. The highest BCUT2D eigenvalue weighted by molar-refractivity contribution is 7.98. The minimum atomic E-state index is 0.518. The molecule has 0 atom stereocenters. The third kappa shape index (κ3) is 3.53. The van der Waals surface area contributed by atoms with Gasteiger partial charge in [0.25, 0.3) is 0 Å². The van der Waals surface area contributed by atoms with Crippen molar-refractivity contribution in [2.75, 3.05) is 31.2 Å². The van der Waals surface area contributed by atoms with Crippen molar-refractivity contribution in [3.05, 3.63) is 29.0 Å². The number of halogens is 1. The summed E-state index contributed by atoms with van der Waals surface area (Å²) in [5.41, 5.74) is 0.941. The van der Waals surface area contributed by atoms with Crippen LogP contribution in [-0.4, -0.2) is 46.1 Å². The molecule has 0 bridgehead atoms. The van der Waals surface area contributed by atoms with E-state index in [4.69, 9.17) is 16.3 Å². The lowest BCUT2D eigenvalue weighted by atomic mass is 10.4. The number of pyridine rings is 1. The molecule has 1 aliphatic heterocycles. The van der Waals surface area contributed by atoms with Gasteiger partial charge in [0.1, 0.15) is 5.15 Å². The molecule has 1 fully saturated rings. The predicted molar refractivity (Wildman–Crippen MR) is 87.5 cm³/mol. The highest BCUT2D eigenvalue weighted by Gasteiger charge is 2.19. The van der Waals surface area contributed by atoms with E-state index in [2.05, 4.69) is 31.6 Å². The molecule has 1 aliphatic rings. The summed E-state index contributed by atoms with van der Waals surface area (Å²) < 4.78 is 7.53. The van der Waals surface area contributed by atoms with Gasteiger partial charge in [-0.25, -0.2) is 4.98 Å². The summed E-state index contributed by atoms with van der Waals surface area (Å²) in [5.74, 6) is 1.65. The van der Waals surface area contributed by atoms with E-state index in [1.54, 1.807) is 17.8 Å². The van der Waals surface area contributed by atoms with Crippen LogP contribution in [0.4, 0.5) is 5.95 Å². The Morgan fingerprint density at radius 2 is 2.09 bits per heavy atom. The van der Waals surface area contributed by atoms with Crippen molar-refractivity contribution in [1.29, 1.82) is 0 Å². The maximum Gasteiger partial charge on any atom is 0.228 e. The Morgan fingerprint density at radius 1 is 1.27 bits per heavy atom. The van der Waals surface area contributed by atoms with E-state index < -0.39 is 0 Å². The van der Waals surface area contributed by atoms with E-state index in [1.807, 2.05) is 12.1 Å². The van der Waals surface area contributed by atoms with Crippen LogP contribution in [0.5, 0.6) is 0 Å². The maximum atomic E-state index is 5.92. The van der Waals surface area contributed by atoms with Crippen molar-refractivity contribution >= 4 is 29.3 Å². The van der Waals surface area contributed by atoms with Gasteiger partial charge >= 0.3 is 0 Å². The molecule has 2 aromatic heterocycles. The molecular formula is C14H18ClN5OS. The second-order valence-corrected chi connectivity index (χ2v) is 6.20. The first-order chi connectivity index (χ1) is 10.8. The second-order valence-electron chi connectivity index (χ2n) is 4.87. The molecule has 0 aromatic carbocycles. The number of hydrogen-bond acceptors (Lipinski definition) is 6. The number of anilines is 1. The maximum absolute atomic E-state index is 5.92. The van der Waals surface area contributed by atoms with Crippen LogP contribution in [0, 0.1) is 0 Å². The summed E-state index contributed by atoms with van der Waals surface area (Å²) in [5, 5.41) is 10.1. The SMILES string of the molecule is CCn1c(SCc2cccc(Cl)n2)nnc1N1CCOCC1. The summed E-state index contributed by atoms with van der Waals surface area (Å²) in [6, 6.07) is 5.66. The molecular weight excluding hydrogens is 322 g/mol. The van der Waals surface area contributed by atoms with Crippen LogP contribution >= 0.6 is 23.4 Å². The smallest absolute Gasteiger partial charge is 0.228 e. The number of morpholine rings is 1. The molecule has 0 N–H and O–H groups in total. The van der Waals surface area contributed by atoms with Gasteiger partial charge in [-0.1, -0.05) is 29.4 Å². The van der Waals surface area contributed by atoms with Gasteiger partial charge in [-0.2, -0.15) is 0 Å². The average molecular weight is 340 g/mol. The summed E-state index contributed by atoms with van der Waals surface area (Å²) >= 11 is 7.55. The van der Waals surface area contributed by atoms with Crippen LogP contribution in [0.15, 0.2) is 23.4 Å². The molecule has 0 radical (unpaired) electrons. The van der Waals surface area contributed by atoms with Crippen molar-refractivity contribution in [1.82, 2.24) is 19.7 Å². The Balaban J connectivity index is 1.72. The largest absolute Gasteiger partial charge is 0.378 e. The molecule has 0 amide bonds. The Labute approximate surface area is 138 Å². The zero-order chi connectivity index (χ0) is 15.4. The fourth-order valence-electron chi connectivity index (χ4n) is 2.33. The lowest BCUT2D eigenvalue weighted by molar-refractivity contribution is 0.121. The molecule has 3 heterocycles. The predicted octanol–water partition coefficient (Wildman–Crippen LogP) is 2.48. The average Bonchev–Trinajstić information content (AvgIpc) is 2.97. The molecule has 2 aromatic rings. The van der Waals surface area contributed by atoms with Crippen LogP contribution < -0.4 is 4.90 Å². The van der Waals surface area contributed by atoms with E-state index in [0.29, 0.717) is 5.15 Å². The minimum absolute atomic E-state index is 0.518. The molecule has 0 saturated carbocycles. The quantitative estimate of drug-likeness (QED) is 0.616. The zero-order valence-electron chi connectivity index (χ0n) is 12.4. The normalized spacial score (nSPS) is 15.3. The van der Waals surface area contributed by atoms with E-state index >= 15 is 0 Å². The van der Waals surface area contributed by atoms with Crippen LogP contribution in [-0.2, 0) is 17.0 Å². The van der Waals surface area contributed by atoms with Gasteiger partial charge in [0.05, 0.1) is 18.9 Å². The van der Waals surface area contributed by atoms with Crippen LogP contribution in [0.2, 0.25) is 5.15 Å². The molecule has 0 aliphatic carbocycles. The first kappa shape index (κ1) is 15.6. The second kappa shape index (κ2) is 7.30. The third-order valence-electron chi connectivity index (χ3n) is 3.43. The van der Waals surface area contributed by atoms with Gasteiger partial charge < -0.3 is 9.64 Å². The molecule has 0 spiro atoms. The van der Waals surface area contributed by atoms with Crippen molar-refractivity contribution in [2.45, 2.75) is 24.4 Å². The van der Waals surface area contributed by atoms with Gasteiger partial charge in [-0.15, -0.1) is 10.2 Å². The van der Waals surface area contributed by atoms with Crippen molar-refractivity contribution in [3.8, 4) is 0 Å². The zero-order valence-corrected chi connectivity index (χ0v) is 14.0. The summed E-state index contributed by atoms with van der Waals surface area (Å²) in [4.78, 5) is 6.52. The summed E-state index contributed by atoms with van der Waals surface area (Å²) in [7, 11) is 0. The number of aromatic nitrogens is 4. The number of ether oxygens (including phenoxy) is 1. The first-order valence-corrected chi connectivity index (χ1v) is 8.64. The fourth-order valence-corrected chi connectivity index (χ4v) is 3.42. The Bertz CT molecular complexity index is 629. The number of rotatable bonds is 5. The Hall–Kier alpha value is -1.31. The Morgan fingerprint density at radius 3 is 2.82 bits per heavy atom. The van der Waals surface area contributed by atoms with Gasteiger partial charge in [0, 0.05) is 25.4 Å². The van der Waals surface area contributed by atoms with Gasteiger partial charge in [0.15, 0.2) is 5.16 Å². The molecule has 1 saturated heterocycles. The molecule has 118 valence electrons. The monoisotopic (exact) mass is 339 g/mol. The topological polar surface area (TPSA) is 56.1 Å². The molecule has 8 heteroatoms. The lowest BCUT2D eigenvalue weighted by Gasteiger charge is -2.27. The van der Waals surface area contributed by atoms with Crippen LogP contribution in [0.3, 0.4) is 0 Å². The lowest BCUT2D eigenvalue weighted by Crippen LogP contribution is -2.38. The number of nitrogens with zero attached hydrogens (tertiary/aromatic N) is 5.